The molecule has 0 saturated heterocycles. The molecule has 1 aliphatic rings. The Labute approximate surface area is 129 Å². The van der Waals surface area contributed by atoms with Gasteiger partial charge in [0.25, 0.3) is 0 Å². The quantitative estimate of drug-likeness (QED) is 0.916. The molecule has 2 aromatic rings. The second kappa shape index (κ2) is 5.54. The van der Waals surface area contributed by atoms with Gasteiger partial charge in [0.2, 0.25) is 0 Å². The third-order valence-electron chi connectivity index (χ3n) is 3.33. The molecule has 0 bridgehead atoms. The van der Waals surface area contributed by atoms with Crippen molar-refractivity contribution < 1.29 is 4.39 Å². The van der Waals surface area contributed by atoms with Crippen LogP contribution in [0.25, 0.3) is 0 Å². The van der Waals surface area contributed by atoms with Crippen molar-refractivity contribution in [3.8, 4) is 0 Å². The topological polar surface area (TPSA) is 41.6 Å². The van der Waals surface area contributed by atoms with Crippen LogP contribution in [0.3, 0.4) is 0 Å². The highest BCUT2D eigenvalue weighted by atomic mass is 79.9. The van der Waals surface area contributed by atoms with E-state index in [2.05, 4.69) is 27.0 Å². The van der Waals surface area contributed by atoms with E-state index >= 15 is 0 Å². The molecule has 0 amide bonds. The van der Waals surface area contributed by atoms with Gasteiger partial charge in [0, 0.05) is 4.88 Å². The first-order valence-corrected chi connectivity index (χ1v) is 7.86. The van der Waals surface area contributed by atoms with E-state index in [0.29, 0.717) is 23.5 Å². The summed E-state index contributed by atoms with van der Waals surface area (Å²) in [6.45, 7) is 1.27. The molecule has 6 heteroatoms. The summed E-state index contributed by atoms with van der Waals surface area (Å²) >= 11 is 4.85. The second-order valence-electron chi connectivity index (χ2n) is 4.60. The number of nitrogens with two attached hydrogens (primary N) is 1. The summed E-state index contributed by atoms with van der Waals surface area (Å²) in [6, 6.07) is 9.26. The third-order valence-corrected chi connectivity index (χ3v) is 4.84. The lowest BCUT2D eigenvalue weighted by atomic mass is 10.1. The number of thiophene rings is 1. The smallest absolute Gasteiger partial charge is 0.192 e. The summed E-state index contributed by atoms with van der Waals surface area (Å²) in [5, 5.41) is 2.03. The minimum absolute atomic E-state index is 0.000278. The van der Waals surface area contributed by atoms with Crippen molar-refractivity contribution in [1.29, 1.82) is 0 Å². The lowest BCUT2D eigenvalue weighted by Gasteiger charge is -2.26. The Bertz CT molecular complexity index is 642. The molecule has 0 aliphatic carbocycles. The molecule has 1 aromatic heterocycles. The third kappa shape index (κ3) is 2.58. The number of aliphatic imine (C=N–C) groups is 1. The van der Waals surface area contributed by atoms with E-state index < -0.39 is 0 Å². The maximum Gasteiger partial charge on any atom is 0.192 e. The first kappa shape index (κ1) is 13.6. The van der Waals surface area contributed by atoms with E-state index in [-0.39, 0.29) is 11.9 Å². The standard InChI is InChI=1S/C14H13BrFN3S/c15-11-4-3-9(6-12(11)16)13-7-18-14(17)19(13)8-10-2-1-5-20-10/h1-6,13H,7-8H2,(H2,17,18). The Morgan fingerprint density at radius 2 is 2.30 bits per heavy atom. The number of guanidine groups is 1. The molecule has 1 atom stereocenters. The fourth-order valence-corrected chi connectivity index (χ4v) is 3.24. The molecule has 3 nitrogen and oxygen atoms in total. The molecule has 0 spiro atoms. The highest BCUT2D eigenvalue weighted by molar-refractivity contribution is 9.10. The van der Waals surface area contributed by atoms with Gasteiger partial charge < -0.3 is 10.6 Å². The van der Waals surface area contributed by atoms with Crippen LogP contribution in [-0.2, 0) is 6.54 Å². The van der Waals surface area contributed by atoms with Gasteiger partial charge in [0.05, 0.1) is 23.6 Å². The summed E-state index contributed by atoms with van der Waals surface area (Å²) in [6.07, 6.45) is 0. The lowest BCUT2D eigenvalue weighted by Crippen LogP contribution is -2.35. The molecule has 1 unspecified atom stereocenters. The number of halogens is 2. The van der Waals surface area contributed by atoms with Gasteiger partial charge in [-0.15, -0.1) is 11.3 Å². The average molecular weight is 354 g/mol. The van der Waals surface area contributed by atoms with Crippen molar-refractivity contribution in [3.63, 3.8) is 0 Å². The summed E-state index contributed by atoms with van der Waals surface area (Å²) in [5.41, 5.74) is 6.86. The van der Waals surface area contributed by atoms with Crippen LogP contribution < -0.4 is 5.73 Å². The molecular formula is C14H13BrFN3S. The highest BCUT2D eigenvalue weighted by Gasteiger charge is 2.28. The van der Waals surface area contributed by atoms with E-state index in [4.69, 9.17) is 5.73 Å². The van der Waals surface area contributed by atoms with Crippen molar-refractivity contribution in [3.05, 3.63) is 56.4 Å². The van der Waals surface area contributed by atoms with E-state index in [1.54, 1.807) is 23.5 Å². The zero-order chi connectivity index (χ0) is 14.1. The monoisotopic (exact) mass is 353 g/mol. The predicted octanol–water partition coefficient (Wildman–Crippen LogP) is 3.52. The Morgan fingerprint density at radius 1 is 1.45 bits per heavy atom. The fourth-order valence-electron chi connectivity index (χ4n) is 2.30. The number of nitrogens with zero attached hydrogens (tertiary/aromatic N) is 2. The lowest BCUT2D eigenvalue weighted by molar-refractivity contribution is 0.342. The summed E-state index contributed by atoms with van der Waals surface area (Å²) in [5.74, 6) is 0.260. The molecule has 0 fully saturated rings. The van der Waals surface area contributed by atoms with Crippen LogP contribution in [0.4, 0.5) is 4.39 Å². The van der Waals surface area contributed by atoms with Crippen molar-refractivity contribution in [2.75, 3.05) is 6.54 Å². The average Bonchev–Trinajstić information content (AvgIpc) is 3.05. The molecule has 0 saturated carbocycles. The molecule has 3 rings (SSSR count). The molecular weight excluding hydrogens is 341 g/mol. The predicted molar refractivity (Wildman–Crippen MR) is 83.2 cm³/mol. The molecule has 1 aromatic carbocycles. The maximum atomic E-state index is 13.7. The molecule has 2 heterocycles. The van der Waals surface area contributed by atoms with Crippen LogP contribution in [-0.4, -0.2) is 17.4 Å². The fraction of sp³-hybridized carbons (Fsp3) is 0.214. The SMILES string of the molecule is NC1=NCC(c2ccc(Br)c(F)c2)N1Cc1cccs1. The number of rotatable bonds is 3. The van der Waals surface area contributed by atoms with E-state index in [0.717, 1.165) is 5.56 Å². The van der Waals surface area contributed by atoms with Gasteiger partial charge in [-0.05, 0) is 45.1 Å². The Hall–Kier alpha value is -1.40. The van der Waals surface area contributed by atoms with Gasteiger partial charge in [0.1, 0.15) is 5.82 Å². The van der Waals surface area contributed by atoms with Gasteiger partial charge in [-0.25, -0.2) is 4.39 Å². The van der Waals surface area contributed by atoms with Gasteiger partial charge >= 0.3 is 0 Å². The molecule has 0 radical (unpaired) electrons. The van der Waals surface area contributed by atoms with Gasteiger partial charge in [-0.2, -0.15) is 0 Å². The van der Waals surface area contributed by atoms with Crippen LogP contribution in [0.5, 0.6) is 0 Å². The maximum absolute atomic E-state index is 13.7. The van der Waals surface area contributed by atoms with Gasteiger partial charge in [0.15, 0.2) is 5.96 Å². The molecule has 104 valence electrons. The molecule has 20 heavy (non-hydrogen) atoms. The van der Waals surface area contributed by atoms with Crippen LogP contribution >= 0.6 is 27.3 Å². The zero-order valence-corrected chi connectivity index (χ0v) is 13.0. The number of hydrogen-bond donors (Lipinski definition) is 1. The van der Waals surface area contributed by atoms with Crippen LogP contribution in [0, 0.1) is 5.82 Å². The first-order chi connectivity index (χ1) is 9.65. The van der Waals surface area contributed by atoms with Gasteiger partial charge in [-0.3, -0.25) is 4.99 Å². The minimum Gasteiger partial charge on any atom is -0.370 e. The molecule has 1 aliphatic heterocycles. The Morgan fingerprint density at radius 3 is 3.00 bits per heavy atom. The van der Waals surface area contributed by atoms with E-state index in [1.165, 1.54) is 4.88 Å². The summed E-state index contributed by atoms with van der Waals surface area (Å²) < 4.78 is 14.2. The first-order valence-electron chi connectivity index (χ1n) is 6.19. The highest BCUT2D eigenvalue weighted by Crippen LogP contribution is 2.30. The summed E-state index contributed by atoms with van der Waals surface area (Å²) in [7, 11) is 0. The van der Waals surface area contributed by atoms with Crippen LogP contribution in [0.15, 0.2) is 45.2 Å². The number of hydrogen-bond acceptors (Lipinski definition) is 4. The normalized spacial score (nSPS) is 18.4. The van der Waals surface area contributed by atoms with Crippen molar-refractivity contribution in [1.82, 2.24) is 4.90 Å². The Balaban J connectivity index is 1.86. The molecule has 2 N–H and O–H groups in total. The minimum atomic E-state index is -0.260. The largest absolute Gasteiger partial charge is 0.370 e. The zero-order valence-electron chi connectivity index (χ0n) is 10.6. The van der Waals surface area contributed by atoms with Crippen molar-refractivity contribution in [2.45, 2.75) is 12.6 Å². The van der Waals surface area contributed by atoms with Gasteiger partial charge in [-0.1, -0.05) is 12.1 Å². The van der Waals surface area contributed by atoms with Crippen molar-refractivity contribution in [2.24, 2.45) is 10.7 Å². The number of benzene rings is 1. The van der Waals surface area contributed by atoms with Crippen molar-refractivity contribution >= 4 is 33.2 Å². The summed E-state index contributed by atoms with van der Waals surface area (Å²) in [4.78, 5) is 7.54. The second-order valence-corrected chi connectivity index (χ2v) is 6.48. The van der Waals surface area contributed by atoms with Crippen LogP contribution in [0.1, 0.15) is 16.5 Å². The van der Waals surface area contributed by atoms with Crippen LogP contribution in [0.2, 0.25) is 0 Å². The Kier molecular flexibility index (Phi) is 3.76. The van der Waals surface area contributed by atoms with E-state index in [9.17, 15) is 4.39 Å². The van der Waals surface area contributed by atoms with E-state index in [1.807, 2.05) is 22.4 Å².